The molecule has 0 spiro atoms. The van der Waals surface area contributed by atoms with E-state index in [1.54, 1.807) is 4.90 Å². The zero-order valence-corrected chi connectivity index (χ0v) is 8.69. The summed E-state index contributed by atoms with van der Waals surface area (Å²) in [6.45, 7) is 3.93. The smallest absolute Gasteiger partial charge is 0.248 e. The predicted octanol–water partition coefficient (Wildman–Crippen LogP) is -2.13. The topological polar surface area (TPSA) is 72.9 Å². The fraction of sp³-hybridized carbons (Fsp3) is 0.778. The maximum Gasteiger partial charge on any atom is 0.248 e. The number of aliphatic hydroxyl groups is 1. The fourth-order valence-electron chi connectivity index (χ4n) is 1.60. The molecule has 6 nitrogen and oxygen atoms in total. The van der Waals surface area contributed by atoms with Gasteiger partial charge < -0.3 is 15.3 Å². The summed E-state index contributed by atoms with van der Waals surface area (Å²) in [4.78, 5) is 25.0. The zero-order valence-electron chi connectivity index (χ0n) is 8.69. The normalized spacial score (nSPS) is 17.5. The largest absolute Gasteiger partial charge is 0.387 e. The number of nitrogens with one attached hydrogen (secondary N) is 1. The Bertz CT molecular complexity index is 215. The molecule has 1 fully saturated rings. The summed E-state index contributed by atoms with van der Waals surface area (Å²) in [6.07, 6.45) is 0.686. The maximum atomic E-state index is 11.1. The van der Waals surface area contributed by atoms with Gasteiger partial charge in [0.05, 0.1) is 0 Å². The van der Waals surface area contributed by atoms with Crippen molar-refractivity contribution in [3.8, 4) is 0 Å². The highest BCUT2D eigenvalue weighted by molar-refractivity contribution is 5.77. The van der Waals surface area contributed by atoms with Crippen LogP contribution in [0.2, 0.25) is 0 Å². The van der Waals surface area contributed by atoms with Crippen LogP contribution in [0.25, 0.3) is 0 Å². The molecule has 1 saturated heterocycles. The van der Waals surface area contributed by atoms with Gasteiger partial charge in [-0.2, -0.15) is 0 Å². The molecule has 0 atom stereocenters. The van der Waals surface area contributed by atoms with Crippen LogP contribution in [0.4, 0.5) is 0 Å². The van der Waals surface area contributed by atoms with Crippen LogP contribution in [-0.2, 0) is 9.59 Å². The number of hydrogen-bond acceptors (Lipinski definition) is 4. The van der Waals surface area contributed by atoms with Gasteiger partial charge in [0.15, 0.2) is 0 Å². The van der Waals surface area contributed by atoms with Crippen molar-refractivity contribution in [2.24, 2.45) is 0 Å². The monoisotopic (exact) mass is 215 g/mol. The fourth-order valence-corrected chi connectivity index (χ4v) is 1.60. The van der Waals surface area contributed by atoms with E-state index in [2.05, 4.69) is 10.2 Å². The Labute approximate surface area is 88.8 Å². The van der Waals surface area contributed by atoms with Crippen LogP contribution in [0.3, 0.4) is 0 Å². The van der Waals surface area contributed by atoms with Gasteiger partial charge in [0.2, 0.25) is 12.3 Å². The van der Waals surface area contributed by atoms with Crippen molar-refractivity contribution in [1.29, 1.82) is 0 Å². The standard InChI is InChI=1S/C9H17N3O3/c13-7-9(15)12-5-3-11(4-6-12)2-1-10-8-14/h8,13H,1-7H2,(H,10,14). The van der Waals surface area contributed by atoms with Crippen molar-refractivity contribution < 1.29 is 14.7 Å². The number of nitrogens with zero attached hydrogens (tertiary/aromatic N) is 2. The van der Waals surface area contributed by atoms with Crippen LogP contribution >= 0.6 is 0 Å². The molecule has 0 aromatic rings. The lowest BCUT2D eigenvalue weighted by atomic mass is 10.3. The Kier molecular flexibility index (Phi) is 5.06. The lowest BCUT2D eigenvalue weighted by molar-refractivity contribution is -0.135. The zero-order chi connectivity index (χ0) is 11.1. The molecule has 0 aromatic carbocycles. The van der Waals surface area contributed by atoms with Gasteiger partial charge in [0.25, 0.3) is 0 Å². The van der Waals surface area contributed by atoms with E-state index in [0.717, 1.165) is 19.6 Å². The highest BCUT2D eigenvalue weighted by atomic mass is 16.3. The van der Waals surface area contributed by atoms with E-state index >= 15 is 0 Å². The van der Waals surface area contributed by atoms with Crippen LogP contribution in [0.1, 0.15) is 0 Å². The maximum absolute atomic E-state index is 11.1. The molecule has 2 amide bonds. The third kappa shape index (κ3) is 3.85. The van der Waals surface area contributed by atoms with Crippen molar-refractivity contribution in [2.45, 2.75) is 0 Å². The Hall–Kier alpha value is -1.14. The van der Waals surface area contributed by atoms with Gasteiger partial charge in [-0.05, 0) is 0 Å². The Balaban J connectivity index is 2.17. The molecule has 0 unspecified atom stereocenters. The number of rotatable bonds is 5. The third-order valence-electron chi connectivity index (χ3n) is 2.52. The molecule has 0 saturated carbocycles. The summed E-state index contributed by atoms with van der Waals surface area (Å²) in [6, 6.07) is 0. The van der Waals surface area contributed by atoms with Crippen LogP contribution < -0.4 is 5.32 Å². The first-order valence-electron chi connectivity index (χ1n) is 5.06. The quantitative estimate of drug-likeness (QED) is 0.406. The second-order valence-electron chi connectivity index (χ2n) is 3.45. The Morgan fingerprint density at radius 1 is 1.33 bits per heavy atom. The third-order valence-corrected chi connectivity index (χ3v) is 2.52. The van der Waals surface area contributed by atoms with Crippen molar-refractivity contribution in [3.63, 3.8) is 0 Å². The molecule has 1 heterocycles. The Morgan fingerprint density at radius 3 is 2.53 bits per heavy atom. The van der Waals surface area contributed by atoms with Gasteiger partial charge in [0.1, 0.15) is 6.61 Å². The minimum atomic E-state index is -0.410. The second kappa shape index (κ2) is 6.36. The molecule has 2 N–H and O–H groups in total. The highest BCUT2D eigenvalue weighted by Crippen LogP contribution is 2.00. The van der Waals surface area contributed by atoms with Crippen molar-refractivity contribution in [2.75, 3.05) is 45.9 Å². The lowest BCUT2D eigenvalue weighted by Gasteiger charge is -2.34. The van der Waals surface area contributed by atoms with Gasteiger partial charge in [-0.3, -0.25) is 14.5 Å². The minimum absolute atomic E-state index is 0.208. The number of carbonyl (C=O) groups is 2. The summed E-state index contributed by atoms with van der Waals surface area (Å²) >= 11 is 0. The lowest BCUT2D eigenvalue weighted by Crippen LogP contribution is -2.50. The SMILES string of the molecule is O=CNCCN1CCN(C(=O)CO)CC1. The van der Waals surface area contributed by atoms with Crippen molar-refractivity contribution in [3.05, 3.63) is 0 Å². The first-order chi connectivity index (χ1) is 7.27. The molecule has 0 radical (unpaired) electrons. The van der Waals surface area contributed by atoms with Crippen molar-refractivity contribution >= 4 is 12.3 Å². The van der Waals surface area contributed by atoms with Crippen LogP contribution in [0.5, 0.6) is 0 Å². The van der Waals surface area contributed by atoms with E-state index in [0.29, 0.717) is 26.0 Å². The van der Waals surface area contributed by atoms with Gasteiger partial charge in [-0.25, -0.2) is 0 Å². The van der Waals surface area contributed by atoms with E-state index in [9.17, 15) is 9.59 Å². The van der Waals surface area contributed by atoms with Crippen LogP contribution in [0, 0.1) is 0 Å². The number of carbonyl (C=O) groups excluding carboxylic acids is 2. The number of piperazine rings is 1. The average molecular weight is 215 g/mol. The van der Waals surface area contributed by atoms with E-state index in [-0.39, 0.29) is 5.91 Å². The summed E-state index contributed by atoms with van der Waals surface area (Å²) in [5.74, 6) is -0.208. The van der Waals surface area contributed by atoms with E-state index < -0.39 is 6.61 Å². The molecule has 1 aliphatic rings. The molecular formula is C9H17N3O3. The first kappa shape index (κ1) is 11.9. The summed E-state index contributed by atoms with van der Waals surface area (Å²) in [5, 5.41) is 11.3. The minimum Gasteiger partial charge on any atom is -0.387 e. The molecule has 6 heteroatoms. The summed E-state index contributed by atoms with van der Waals surface area (Å²) < 4.78 is 0. The molecule has 0 aromatic heterocycles. The molecular weight excluding hydrogens is 198 g/mol. The van der Waals surface area contributed by atoms with Gasteiger partial charge in [-0.1, -0.05) is 0 Å². The van der Waals surface area contributed by atoms with Crippen LogP contribution in [0.15, 0.2) is 0 Å². The molecule has 86 valence electrons. The molecule has 0 aliphatic carbocycles. The van der Waals surface area contributed by atoms with Crippen LogP contribution in [-0.4, -0.2) is 73.1 Å². The highest BCUT2D eigenvalue weighted by Gasteiger charge is 2.19. The van der Waals surface area contributed by atoms with Gasteiger partial charge in [0, 0.05) is 39.3 Å². The van der Waals surface area contributed by atoms with Gasteiger partial charge in [-0.15, -0.1) is 0 Å². The number of aliphatic hydroxyl groups excluding tert-OH is 1. The molecule has 0 bridgehead atoms. The summed E-state index contributed by atoms with van der Waals surface area (Å²) in [7, 11) is 0. The first-order valence-corrected chi connectivity index (χ1v) is 5.06. The molecule has 1 aliphatic heterocycles. The molecule has 1 rings (SSSR count). The Morgan fingerprint density at radius 2 is 2.00 bits per heavy atom. The number of hydrogen-bond donors (Lipinski definition) is 2. The molecule has 15 heavy (non-hydrogen) atoms. The van der Waals surface area contributed by atoms with Gasteiger partial charge >= 0.3 is 0 Å². The van der Waals surface area contributed by atoms with E-state index in [4.69, 9.17) is 5.11 Å². The van der Waals surface area contributed by atoms with Crippen molar-refractivity contribution in [1.82, 2.24) is 15.1 Å². The van der Waals surface area contributed by atoms with E-state index in [1.165, 1.54) is 0 Å². The number of amides is 2. The summed E-state index contributed by atoms with van der Waals surface area (Å²) in [5.41, 5.74) is 0. The predicted molar refractivity (Wildman–Crippen MR) is 54.2 cm³/mol. The average Bonchev–Trinajstić information content (AvgIpc) is 2.29. The second-order valence-corrected chi connectivity index (χ2v) is 3.45. The van der Waals surface area contributed by atoms with E-state index in [1.807, 2.05) is 0 Å².